The summed E-state index contributed by atoms with van der Waals surface area (Å²) in [7, 11) is 1.39. The highest BCUT2D eigenvalue weighted by Crippen LogP contribution is 2.22. The molecular weight excluding hydrogens is 258 g/mol. The van der Waals surface area contributed by atoms with Crippen molar-refractivity contribution in [3.05, 3.63) is 46.1 Å². The Bertz CT molecular complexity index is 703. The van der Waals surface area contributed by atoms with Gasteiger partial charge in [0, 0.05) is 7.05 Å². The summed E-state index contributed by atoms with van der Waals surface area (Å²) >= 11 is 0. The van der Waals surface area contributed by atoms with Crippen LogP contribution in [0.4, 0.5) is 0 Å². The molecule has 106 valence electrons. The van der Waals surface area contributed by atoms with Crippen LogP contribution in [0.15, 0.2) is 29.1 Å². The molecule has 1 aromatic carbocycles. The minimum Gasteiger partial charge on any atom is -0.475 e. The van der Waals surface area contributed by atoms with E-state index in [4.69, 9.17) is 5.11 Å². The molecule has 0 aliphatic carbocycles. The second-order valence-electron chi connectivity index (χ2n) is 5.68. The standard InChI is InChI=1S/C14H17N3O3/c1-14(2,3)9-5-7-10(8-6-9)17-13(20)16(4)11(15-17)12(18)19/h5-8H,1-4H3,(H,18,19). The lowest BCUT2D eigenvalue weighted by Gasteiger charge is -2.18. The predicted octanol–water partition coefficient (Wildman–Crippen LogP) is 1.57. The van der Waals surface area contributed by atoms with E-state index in [1.807, 2.05) is 12.1 Å². The van der Waals surface area contributed by atoms with Crippen LogP contribution in [0.3, 0.4) is 0 Å². The van der Waals surface area contributed by atoms with Crippen LogP contribution in [0.25, 0.3) is 5.69 Å². The first-order valence-electron chi connectivity index (χ1n) is 6.22. The van der Waals surface area contributed by atoms with Crippen LogP contribution in [0.5, 0.6) is 0 Å². The van der Waals surface area contributed by atoms with Gasteiger partial charge in [-0.3, -0.25) is 4.57 Å². The van der Waals surface area contributed by atoms with Crippen molar-refractivity contribution < 1.29 is 9.90 Å². The van der Waals surface area contributed by atoms with Crippen LogP contribution in [-0.2, 0) is 12.5 Å². The summed E-state index contributed by atoms with van der Waals surface area (Å²) in [5.41, 5.74) is 1.21. The van der Waals surface area contributed by atoms with Gasteiger partial charge in [-0.2, -0.15) is 4.68 Å². The van der Waals surface area contributed by atoms with E-state index in [2.05, 4.69) is 25.9 Å². The monoisotopic (exact) mass is 275 g/mol. The van der Waals surface area contributed by atoms with Crippen molar-refractivity contribution in [1.29, 1.82) is 0 Å². The van der Waals surface area contributed by atoms with Gasteiger partial charge in [0.2, 0.25) is 5.82 Å². The van der Waals surface area contributed by atoms with Crippen LogP contribution < -0.4 is 5.69 Å². The number of hydrogen-bond donors (Lipinski definition) is 1. The quantitative estimate of drug-likeness (QED) is 0.902. The third-order valence-corrected chi connectivity index (χ3v) is 3.15. The normalized spacial score (nSPS) is 11.6. The van der Waals surface area contributed by atoms with Crippen LogP contribution in [0.1, 0.15) is 37.0 Å². The Labute approximate surface area is 116 Å². The van der Waals surface area contributed by atoms with Gasteiger partial charge in [0.15, 0.2) is 0 Å². The summed E-state index contributed by atoms with van der Waals surface area (Å²) in [6, 6.07) is 7.36. The molecule has 0 fully saturated rings. The van der Waals surface area contributed by atoms with Gasteiger partial charge in [0.25, 0.3) is 0 Å². The van der Waals surface area contributed by atoms with Crippen LogP contribution in [0, 0.1) is 0 Å². The zero-order valence-corrected chi connectivity index (χ0v) is 11.9. The highest BCUT2D eigenvalue weighted by Gasteiger charge is 2.18. The molecular formula is C14H17N3O3. The third-order valence-electron chi connectivity index (χ3n) is 3.15. The van der Waals surface area contributed by atoms with E-state index >= 15 is 0 Å². The van der Waals surface area contributed by atoms with Gasteiger partial charge in [-0.25, -0.2) is 9.59 Å². The van der Waals surface area contributed by atoms with Gasteiger partial charge in [-0.15, -0.1) is 5.10 Å². The SMILES string of the molecule is Cn1c(C(=O)O)nn(-c2ccc(C(C)(C)C)cc2)c1=O. The first kappa shape index (κ1) is 14.0. The second-order valence-corrected chi connectivity index (χ2v) is 5.68. The molecule has 0 spiro atoms. The number of carboxylic acids is 1. The summed E-state index contributed by atoms with van der Waals surface area (Å²) < 4.78 is 2.11. The molecule has 2 aromatic rings. The van der Waals surface area contributed by atoms with E-state index in [0.717, 1.165) is 14.8 Å². The van der Waals surface area contributed by atoms with E-state index in [-0.39, 0.29) is 11.2 Å². The maximum Gasteiger partial charge on any atom is 0.374 e. The molecule has 6 nitrogen and oxygen atoms in total. The third kappa shape index (κ3) is 2.36. The summed E-state index contributed by atoms with van der Waals surface area (Å²) in [6.45, 7) is 6.28. The average molecular weight is 275 g/mol. The lowest BCUT2D eigenvalue weighted by atomic mass is 9.87. The van der Waals surface area contributed by atoms with E-state index in [1.165, 1.54) is 7.05 Å². The van der Waals surface area contributed by atoms with Crippen molar-refractivity contribution in [2.45, 2.75) is 26.2 Å². The molecule has 0 atom stereocenters. The Morgan fingerprint density at radius 3 is 2.15 bits per heavy atom. The smallest absolute Gasteiger partial charge is 0.374 e. The van der Waals surface area contributed by atoms with Crippen molar-refractivity contribution in [2.24, 2.45) is 7.05 Å². The number of aromatic nitrogens is 3. The molecule has 0 saturated heterocycles. The highest BCUT2D eigenvalue weighted by molar-refractivity contribution is 5.83. The molecule has 0 amide bonds. The van der Waals surface area contributed by atoms with E-state index in [1.54, 1.807) is 12.1 Å². The van der Waals surface area contributed by atoms with Gasteiger partial charge in [0.1, 0.15) is 0 Å². The Morgan fingerprint density at radius 1 is 1.20 bits per heavy atom. The second kappa shape index (κ2) is 4.63. The lowest BCUT2D eigenvalue weighted by Crippen LogP contribution is -2.22. The largest absolute Gasteiger partial charge is 0.475 e. The Morgan fingerprint density at radius 2 is 1.75 bits per heavy atom. The zero-order valence-electron chi connectivity index (χ0n) is 11.9. The fourth-order valence-corrected chi connectivity index (χ4v) is 1.89. The summed E-state index contributed by atoms with van der Waals surface area (Å²) in [6.07, 6.45) is 0. The molecule has 1 aromatic heterocycles. The predicted molar refractivity (Wildman–Crippen MR) is 74.5 cm³/mol. The minimum absolute atomic E-state index is 0.0137. The molecule has 1 N–H and O–H groups in total. The molecule has 6 heteroatoms. The number of rotatable bonds is 2. The Hall–Kier alpha value is -2.37. The molecule has 0 unspecified atom stereocenters. The van der Waals surface area contributed by atoms with Crippen molar-refractivity contribution >= 4 is 5.97 Å². The van der Waals surface area contributed by atoms with E-state index in [0.29, 0.717) is 5.69 Å². The fraction of sp³-hybridized carbons (Fsp3) is 0.357. The van der Waals surface area contributed by atoms with Gasteiger partial charge in [-0.05, 0) is 23.1 Å². The maximum atomic E-state index is 12.0. The van der Waals surface area contributed by atoms with Gasteiger partial charge >= 0.3 is 11.7 Å². The van der Waals surface area contributed by atoms with Crippen molar-refractivity contribution in [2.75, 3.05) is 0 Å². The average Bonchev–Trinajstić information content (AvgIpc) is 2.66. The molecule has 0 saturated carbocycles. The van der Waals surface area contributed by atoms with Gasteiger partial charge in [-0.1, -0.05) is 32.9 Å². The molecule has 0 aliphatic heterocycles. The molecule has 1 heterocycles. The number of carbonyl (C=O) groups is 1. The van der Waals surface area contributed by atoms with Crippen molar-refractivity contribution in [1.82, 2.24) is 14.3 Å². The first-order valence-corrected chi connectivity index (χ1v) is 6.22. The Kier molecular flexibility index (Phi) is 3.25. The first-order chi connectivity index (χ1) is 9.21. The van der Waals surface area contributed by atoms with Crippen molar-refractivity contribution in [3.8, 4) is 5.69 Å². The molecule has 0 aliphatic rings. The fourth-order valence-electron chi connectivity index (χ4n) is 1.89. The minimum atomic E-state index is -1.23. The molecule has 20 heavy (non-hydrogen) atoms. The Balaban J connectivity index is 2.50. The van der Waals surface area contributed by atoms with Gasteiger partial charge < -0.3 is 5.11 Å². The zero-order chi connectivity index (χ0) is 15.1. The lowest BCUT2D eigenvalue weighted by molar-refractivity contribution is 0.0678. The summed E-state index contributed by atoms with van der Waals surface area (Å²) in [5, 5.41) is 12.8. The maximum absolute atomic E-state index is 12.0. The summed E-state index contributed by atoms with van der Waals surface area (Å²) in [5.74, 6) is -1.51. The topological polar surface area (TPSA) is 77.1 Å². The van der Waals surface area contributed by atoms with Crippen LogP contribution in [0.2, 0.25) is 0 Å². The van der Waals surface area contributed by atoms with Crippen molar-refractivity contribution in [3.63, 3.8) is 0 Å². The van der Waals surface area contributed by atoms with Crippen LogP contribution in [-0.4, -0.2) is 25.4 Å². The van der Waals surface area contributed by atoms with E-state index in [9.17, 15) is 9.59 Å². The molecule has 2 rings (SSSR count). The number of aromatic carboxylic acids is 1. The van der Waals surface area contributed by atoms with Gasteiger partial charge in [0.05, 0.1) is 5.69 Å². The van der Waals surface area contributed by atoms with E-state index < -0.39 is 11.7 Å². The number of nitrogens with zero attached hydrogens (tertiary/aromatic N) is 3. The summed E-state index contributed by atoms with van der Waals surface area (Å²) in [4.78, 5) is 22.9. The number of benzene rings is 1. The highest BCUT2D eigenvalue weighted by atomic mass is 16.4. The number of carboxylic acid groups (broad SMARTS) is 1. The molecule has 0 bridgehead atoms. The molecule has 0 radical (unpaired) electrons. The number of hydrogen-bond acceptors (Lipinski definition) is 3. The van der Waals surface area contributed by atoms with Crippen LogP contribution >= 0.6 is 0 Å².